The molecule has 0 amide bonds. The van der Waals surface area contributed by atoms with E-state index in [1.54, 1.807) is 11.3 Å². The molecule has 1 aliphatic heterocycles. The maximum Gasteiger partial charge on any atom is 0.0973 e. The summed E-state index contributed by atoms with van der Waals surface area (Å²) in [7, 11) is 0. The van der Waals surface area contributed by atoms with Crippen LogP contribution in [0.1, 0.15) is 12.0 Å². The van der Waals surface area contributed by atoms with Crippen LogP contribution in [-0.4, -0.2) is 29.2 Å². The number of aliphatic hydroxyl groups excluding tert-OH is 1. The molecule has 4 heteroatoms. The minimum Gasteiger partial charge on any atom is -0.392 e. The highest BCUT2D eigenvalue weighted by Gasteiger charge is 2.20. The summed E-state index contributed by atoms with van der Waals surface area (Å²) in [4.78, 5) is 2.23. The molecule has 2 rings (SSSR count). The molecule has 72 valence electrons. The maximum atomic E-state index is 9.33. The van der Waals surface area contributed by atoms with E-state index in [2.05, 4.69) is 11.0 Å². The molecule has 13 heavy (non-hydrogen) atoms. The zero-order chi connectivity index (χ0) is 9.26. The molecule has 0 spiro atoms. The van der Waals surface area contributed by atoms with Crippen molar-refractivity contribution in [2.75, 3.05) is 13.1 Å². The molecule has 2 heterocycles. The number of aliphatic hydroxyl groups is 1. The number of hydrogen-bond donors (Lipinski definition) is 1. The van der Waals surface area contributed by atoms with E-state index in [1.165, 1.54) is 5.56 Å². The number of rotatable bonds is 2. The molecule has 1 aromatic rings. The Bertz CT molecular complexity index is 289. The summed E-state index contributed by atoms with van der Waals surface area (Å²) < 4.78 is 0.876. The van der Waals surface area contributed by atoms with Gasteiger partial charge in [0.2, 0.25) is 0 Å². The summed E-state index contributed by atoms with van der Waals surface area (Å²) in [6, 6.07) is 2.05. The number of halogens is 1. The molecule has 0 saturated carbocycles. The Hall–Kier alpha value is -0.0900. The summed E-state index contributed by atoms with van der Waals surface area (Å²) in [5.74, 6) is 0. The van der Waals surface area contributed by atoms with Gasteiger partial charge in [-0.3, -0.25) is 4.90 Å². The van der Waals surface area contributed by atoms with Gasteiger partial charge >= 0.3 is 0 Å². The van der Waals surface area contributed by atoms with Gasteiger partial charge in [0.25, 0.3) is 0 Å². The fourth-order valence-electron chi connectivity index (χ4n) is 1.63. The van der Waals surface area contributed by atoms with Gasteiger partial charge in [-0.25, -0.2) is 0 Å². The van der Waals surface area contributed by atoms with Crippen LogP contribution in [0.25, 0.3) is 0 Å². The van der Waals surface area contributed by atoms with Crippen LogP contribution < -0.4 is 0 Å². The van der Waals surface area contributed by atoms with Gasteiger partial charge in [-0.2, -0.15) is 0 Å². The number of hydrogen-bond acceptors (Lipinski definition) is 3. The van der Waals surface area contributed by atoms with Crippen molar-refractivity contribution in [3.63, 3.8) is 0 Å². The Morgan fingerprint density at radius 2 is 2.54 bits per heavy atom. The van der Waals surface area contributed by atoms with Crippen molar-refractivity contribution in [2.24, 2.45) is 0 Å². The van der Waals surface area contributed by atoms with Gasteiger partial charge in [0, 0.05) is 19.6 Å². The summed E-state index contributed by atoms with van der Waals surface area (Å²) >= 11 is 7.55. The summed E-state index contributed by atoms with van der Waals surface area (Å²) in [6.45, 7) is 2.64. The van der Waals surface area contributed by atoms with E-state index in [1.807, 2.05) is 5.38 Å². The second kappa shape index (κ2) is 3.96. The third-order valence-corrected chi connectivity index (χ3v) is 3.59. The van der Waals surface area contributed by atoms with E-state index in [0.717, 1.165) is 30.4 Å². The van der Waals surface area contributed by atoms with Gasteiger partial charge in [0.15, 0.2) is 0 Å². The van der Waals surface area contributed by atoms with Crippen LogP contribution in [-0.2, 0) is 6.54 Å². The van der Waals surface area contributed by atoms with Crippen molar-refractivity contribution < 1.29 is 5.11 Å². The summed E-state index contributed by atoms with van der Waals surface area (Å²) in [5.41, 5.74) is 1.18. The standard InChI is InChI=1S/C9H12ClNOS/c10-9-7(2-4-13-9)5-11-3-1-8(12)6-11/h2,4,8,12H,1,3,5-6H2/t8-/m1/s1. The Morgan fingerprint density at radius 3 is 3.08 bits per heavy atom. The predicted molar refractivity (Wildman–Crippen MR) is 55.2 cm³/mol. The first-order chi connectivity index (χ1) is 6.25. The van der Waals surface area contributed by atoms with E-state index < -0.39 is 0 Å². The molecule has 1 aliphatic rings. The zero-order valence-corrected chi connectivity index (χ0v) is 8.81. The van der Waals surface area contributed by atoms with Gasteiger partial charge in [0.05, 0.1) is 10.4 Å². The van der Waals surface area contributed by atoms with Crippen molar-refractivity contribution in [1.82, 2.24) is 4.90 Å². The largest absolute Gasteiger partial charge is 0.392 e. The average molecular weight is 218 g/mol. The fraction of sp³-hybridized carbons (Fsp3) is 0.556. The highest BCUT2D eigenvalue weighted by molar-refractivity contribution is 7.14. The molecule has 0 bridgehead atoms. The highest BCUT2D eigenvalue weighted by atomic mass is 35.5. The molecule has 1 atom stereocenters. The lowest BCUT2D eigenvalue weighted by Crippen LogP contribution is -2.21. The minimum absolute atomic E-state index is 0.141. The van der Waals surface area contributed by atoms with Crippen molar-refractivity contribution >= 4 is 22.9 Å². The van der Waals surface area contributed by atoms with E-state index >= 15 is 0 Å². The Kier molecular flexibility index (Phi) is 2.89. The van der Waals surface area contributed by atoms with Crippen LogP contribution in [0.3, 0.4) is 0 Å². The van der Waals surface area contributed by atoms with Crippen LogP contribution in [0.4, 0.5) is 0 Å². The molecule has 1 fully saturated rings. The molecule has 1 aromatic heterocycles. The molecule has 0 aromatic carbocycles. The lowest BCUT2D eigenvalue weighted by atomic mass is 10.3. The zero-order valence-electron chi connectivity index (χ0n) is 7.24. The molecular formula is C9H12ClNOS. The quantitative estimate of drug-likeness (QED) is 0.819. The van der Waals surface area contributed by atoms with E-state index in [-0.39, 0.29) is 6.10 Å². The Labute approximate surface area is 86.7 Å². The number of thiophene rings is 1. The predicted octanol–water partition coefficient (Wildman–Crippen LogP) is 1.97. The van der Waals surface area contributed by atoms with E-state index in [0.29, 0.717) is 0 Å². The topological polar surface area (TPSA) is 23.5 Å². The molecule has 2 nitrogen and oxygen atoms in total. The van der Waals surface area contributed by atoms with Crippen molar-refractivity contribution in [3.05, 3.63) is 21.3 Å². The molecule has 1 saturated heterocycles. The first kappa shape index (κ1) is 9.46. The number of β-amino-alcohol motifs (C(OH)–C–C–N with tert-alkyl or cyclic N) is 1. The van der Waals surface area contributed by atoms with E-state index in [9.17, 15) is 5.11 Å². The van der Waals surface area contributed by atoms with Crippen LogP contribution in [0.2, 0.25) is 4.34 Å². The van der Waals surface area contributed by atoms with Gasteiger partial charge in [-0.1, -0.05) is 11.6 Å². The highest BCUT2D eigenvalue weighted by Crippen LogP contribution is 2.25. The summed E-state index contributed by atoms with van der Waals surface area (Å²) in [6.07, 6.45) is 0.749. The van der Waals surface area contributed by atoms with Crippen molar-refractivity contribution in [3.8, 4) is 0 Å². The molecule has 0 unspecified atom stereocenters. The minimum atomic E-state index is -0.141. The van der Waals surface area contributed by atoms with Crippen LogP contribution >= 0.6 is 22.9 Å². The van der Waals surface area contributed by atoms with Gasteiger partial charge < -0.3 is 5.11 Å². The van der Waals surface area contributed by atoms with Crippen molar-refractivity contribution in [1.29, 1.82) is 0 Å². The monoisotopic (exact) mass is 217 g/mol. The lowest BCUT2D eigenvalue weighted by Gasteiger charge is -2.13. The molecular weight excluding hydrogens is 206 g/mol. The molecule has 1 N–H and O–H groups in total. The smallest absolute Gasteiger partial charge is 0.0973 e. The lowest BCUT2D eigenvalue weighted by molar-refractivity contribution is 0.175. The number of nitrogens with zero attached hydrogens (tertiary/aromatic N) is 1. The van der Waals surface area contributed by atoms with Crippen LogP contribution in [0.5, 0.6) is 0 Å². The Balaban J connectivity index is 1.95. The third-order valence-electron chi connectivity index (χ3n) is 2.33. The fourth-order valence-corrected chi connectivity index (χ4v) is 2.54. The Morgan fingerprint density at radius 1 is 1.69 bits per heavy atom. The summed E-state index contributed by atoms with van der Waals surface area (Å²) in [5, 5.41) is 11.3. The third kappa shape index (κ3) is 2.23. The SMILES string of the molecule is O[C@@H]1CCN(Cc2ccsc2Cl)C1. The van der Waals surface area contributed by atoms with Gasteiger partial charge in [-0.05, 0) is 23.4 Å². The first-order valence-corrected chi connectivity index (χ1v) is 5.64. The average Bonchev–Trinajstić information content (AvgIpc) is 2.64. The normalized spacial score (nSPS) is 24.0. The van der Waals surface area contributed by atoms with Crippen LogP contribution in [0, 0.1) is 0 Å². The van der Waals surface area contributed by atoms with Gasteiger partial charge in [-0.15, -0.1) is 11.3 Å². The molecule has 0 aliphatic carbocycles. The van der Waals surface area contributed by atoms with Crippen LogP contribution in [0.15, 0.2) is 11.4 Å². The van der Waals surface area contributed by atoms with E-state index in [4.69, 9.17) is 11.6 Å². The number of likely N-dealkylation sites (tertiary alicyclic amines) is 1. The molecule has 0 radical (unpaired) electrons. The van der Waals surface area contributed by atoms with Gasteiger partial charge in [0.1, 0.15) is 0 Å². The second-order valence-electron chi connectivity index (χ2n) is 3.40. The first-order valence-electron chi connectivity index (χ1n) is 4.38. The van der Waals surface area contributed by atoms with Crippen molar-refractivity contribution in [2.45, 2.75) is 19.1 Å². The maximum absolute atomic E-state index is 9.33. The second-order valence-corrected chi connectivity index (χ2v) is 4.92.